The van der Waals surface area contributed by atoms with Crippen molar-refractivity contribution >= 4 is 143 Å². The summed E-state index contributed by atoms with van der Waals surface area (Å²) in [5.41, 5.74) is 15.4. The molecule has 0 fully saturated rings. The molecule has 9 nitrogen and oxygen atoms in total. The molecule has 0 saturated carbocycles. The van der Waals surface area contributed by atoms with Crippen LogP contribution >= 0.6 is 109 Å². The second kappa shape index (κ2) is 20.5. The van der Waals surface area contributed by atoms with Gasteiger partial charge >= 0.3 is 0 Å². The topological polar surface area (TPSA) is 158 Å². The van der Waals surface area contributed by atoms with Gasteiger partial charge in [0.05, 0.1) is 39.8 Å². The molecule has 264 valence electrons. The van der Waals surface area contributed by atoms with Crippen LogP contribution < -0.4 is 11.5 Å². The molecular formula is C34H28Br4N6O3S4. The standard InChI is InChI=1S/C15H7Br2N3S2.C10H6O2S2.C5H5Br2N3.C4H10O/c16-8-7-18-15(17)14-11(8)19-12(9-3-1-5-21-9)13(20-14)10-4-2-6-22-10;11-9(7-3-1-5-13-7)10(12)8-4-2-6-14-8;6-2-1-10-5(7)4(9)3(2)8;1-2-3-4-5/h1-7H;1-6H;1H,9H2,(H2,8,10);5H,2-4H2,1H3. The Kier molecular flexibility index (Phi) is 16.5. The number of nitrogens with zero attached hydrogens (tertiary/aromatic N) is 4. The second-order valence-electron chi connectivity index (χ2n) is 9.88. The number of thiophene rings is 4. The third-order valence-electron chi connectivity index (χ3n) is 6.39. The molecule has 0 bridgehead atoms. The fourth-order valence-electron chi connectivity index (χ4n) is 3.84. The van der Waals surface area contributed by atoms with E-state index in [0.717, 1.165) is 49.5 Å². The van der Waals surface area contributed by atoms with Crippen LogP contribution in [0.1, 0.15) is 39.1 Å². The van der Waals surface area contributed by atoms with Crippen molar-refractivity contribution in [3.05, 3.63) is 110 Å². The fraction of sp³-hybridized carbons (Fsp3) is 0.118. The highest BCUT2D eigenvalue weighted by Crippen LogP contribution is 2.37. The summed E-state index contributed by atoms with van der Waals surface area (Å²) in [6.45, 7) is 2.40. The van der Waals surface area contributed by atoms with Gasteiger partial charge in [-0.25, -0.2) is 19.9 Å². The number of hydrogen-bond acceptors (Lipinski definition) is 13. The van der Waals surface area contributed by atoms with Crippen LogP contribution in [0.15, 0.2) is 101 Å². The maximum atomic E-state index is 11.6. The smallest absolute Gasteiger partial charge is 0.244 e. The largest absolute Gasteiger partial charge is 0.396 e. The van der Waals surface area contributed by atoms with Crippen LogP contribution in [0.3, 0.4) is 0 Å². The molecule has 0 saturated heterocycles. The molecule has 51 heavy (non-hydrogen) atoms. The zero-order chi connectivity index (χ0) is 36.9. The average molecular weight is 1020 g/mol. The van der Waals surface area contributed by atoms with E-state index in [1.807, 2.05) is 17.5 Å². The van der Waals surface area contributed by atoms with Gasteiger partial charge in [-0.1, -0.05) is 37.6 Å². The van der Waals surface area contributed by atoms with E-state index in [1.54, 1.807) is 70.1 Å². The van der Waals surface area contributed by atoms with Gasteiger partial charge in [0.2, 0.25) is 11.6 Å². The number of halogens is 4. The van der Waals surface area contributed by atoms with Gasteiger partial charge in [0, 0.05) is 19.0 Å². The summed E-state index contributed by atoms with van der Waals surface area (Å²) in [5, 5.41) is 15.7. The first-order valence-electron chi connectivity index (χ1n) is 14.8. The third kappa shape index (κ3) is 11.1. The van der Waals surface area contributed by atoms with E-state index in [-0.39, 0.29) is 0 Å². The van der Waals surface area contributed by atoms with Crippen molar-refractivity contribution in [3.63, 3.8) is 0 Å². The van der Waals surface area contributed by atoms with Crippen LogP contribution in [0.2, 0.25) is 0 Å². The Morgan fingerprint density at radius 1 is 0.667 bits per heavy atom. The van der Waals surface area contributed by atoms with Gasteiger partial charge in [0.15, 0.2) is 0 Å². The predicted octanol–water partition coefficient (Wildman–Crippen LogP) is 11.4. The molecule has 0 amide bonds. The molecule has 0 aliphatic heterocycles. The lowest BCUT2D eigenvalue weighted by Gasteiger charge is -2.09. The lowest BCUT2D eigenvalue weighted by molar-refractivity contribution is 0.0821. The maximum Gasteiger partial charge on any atom is 0.244 e. The Bertz CT molecular complexity index is 2010. The van der Waals surface area contributed by atoms with E-state index < -0.39 is 11.6 Å². The van der Waals surface area contributed by atoms with E-state index in [9.17, 15) is 9.59 Å². The zero-order valence-electron chi connectivity index (χ0n) is 26.6. The van der Waals surface area contributed by atoms with E-state index in [1.165, 1.54) is 22.7 Å². The van der Waals surface area contributed by atoms with Crippen molar-refractivity contribution in [3.8, 4) is 21.1 Å². The first-order chi connectivity index (χ1) is 24.6. The average Bonchev–Trinajstić information content (AvgIpc) is 3.99. The molecule has 7 heterocycles. The Morgan fingerprint density at radius 3 is 1.55 bits per heavy atom. The number of pyridine rings is 2. The number of carbonyl (C=O) groups is 2. The maximum absolute atomic E-state index is 11.6. The number of aliphatic hydroxyl groups is 1. The lowest BCUT2D eigenvalue weighted by Crippen LogP contribution is -2.11. The van der Waals surface area contributed by atoms with E-state index in [2.05, 4.69) is 98.1 Å². The van der Waals surface area contributed by atoms with Crippen LogP contribution in [0.4, 0.5) is 11.4 Å². The quantitative estimate of drug-likeness (QED) is 0.0803. The van der Waals surface area contributed by atoms with Crippen molar-refractivity contribution in [2.45, 2.75) is 19.8 Å². The van der Waals surface area contributed by atoms with Crippen LogP contribution in [-0.4, -0.2) is 43.2 Å². The summed E-state index contributed by atoms with van der Waals surface area (Å²) >= 11 is 19.2. The molecule has 0 atom stereocenters. The summed E-state index contributed by atoms with van der Waals surface area (Å²) in [6, 6.07) is 15.1. The summed E-state index contributed by atoms with van der Waals surface area (Å²) in [4.78, 5) is 44.3. The number of unbranched alkanes of at least 4 members (excludes halogenated alkanes) is 1. The van der Waals surface area contributed by atoms with Gasteiger partial charge in [0.1, 0.15) is 31.6 Å². The minimum absolute atomic E-state index is 0.344. The van der Waals surface area contributed by atoms with Crippen LogP contribution in [0, 0.1) is 0 Å². The molecule has 0 spiro atoms. The Labute approximate surface area is 343 Å². The molecule has 7 aromatic heterocycles. The number of ketones is 2. The number of fused-ring (bicyclic) bond motifs is 1. The number of nitrogens with two attached hydrogens (primary N) is 2. The van der Waals surface area contributed by atoms with E-state index >= 15 is 0 Å². The summed E-state index contributed by atoms with van der Waals surface area (Å²) in [6.07, 6.45) is 5.37. The van der Waals surface area contributed by atoms with Crippen LogP contribution in [0.5, 0.6) is 0 Å². The molecule has 0 unspecified atom stereocenters. The highest BCUT2D eigenvalue weighted by Gasteiger charge is 2.20. The van der Waals surface area contributed by atoms with Gasteiger partial charge in [-0.15, -0.1) is 45.3 Å². The lowest BCUT2D eigenvalue weighted by atomic mass is 10.2. The van der Waals surface area contributed by atoms with E-state index in [4.69, 9.17) is 26.5 Å². The number of Topliss-reactive ketones (excluding diaryl/α,β-unsaturated/α-hetero) is 2. The van der Waals surface area contributed by atoms with E-state index in [0.29, 0.717) is 41.4 Å². The van der Waals surface area contributed by atoms with Crippen molar-refractivity contribution in [2.24, 2.45) is 0 Å². The highest BCUT2D eigenvalue weighted by molar-refractivity contribution is 9.11. The van der Waals surface area contributed by atoms with Crippen LogP contribution in [-0.2, 0) is 0 Å². The zero-order valence-corrected chi connectivity index (χ0v) is 36.2. The molecule has 5 N–H and O–H groups in total. The van der Waals surface area contributed by atoms with Crippen molar-refractivity contribution in [1.29, 1.82) is 0 Å². The van der Waals surface area contributed by atoms with Gasteiger partial charge < -0.3 is 16.6 Å². The minimum Gasteiger partial charge on any atom is -0.396 e. The summed E-state index contributed by atoms with van der Waals surface area (Å²) in [5.74, 6) is -0.829. The number of nitrogen functional groups attached to an aromatic ring is 2. The van der Waals surface area contributed by atoms with Crippen molar-refractivity contribution in [1.82, 2.24) is 19.9 Å². The molecule has 0 aromatic carbocycles. The molecule has 0 aliphatic rings. The normalized spacial score (nSPS) is 10.3. The highest BCUT2D eigenvalue weighted by atomic mass is 79.9. The molecule has 7 aromatic rings. The molecule has 0 aliphatic carbocycles. The number of aromatic nitrogens is 4. The number of anilines is 2. The van der Waals surface area contributed by atoms with Gasteiger partial charge in [-0.2, -0.15) is 0 Å². The first kappa shape index (κ1) is 41.0. The van der Waals surface area contributed by atoms with Crippen molar-refractivity contribution in [2.75, 3.05) is 18.1 Å². The minimum atomic E-state index is -0.414. The number of rotatable bonds is 7. The first-order valence-corrected chi connectivity index (χ1v) is 21.5. The van der Waals surface area contributed by atoms with Crippen LogP contribution in [0.25, 0.3) is 32.2 Å². The van der Waals surface area contributed by atoms with Gasteiger partial charge in [0.25, 0.3) is 0 Å². The van der Waals surface area contributed by atoms with Gasteiger partial charge in [-0.05, 0) is 116 Å². The second-order valence-corrected chi connectivity index (χ2v) is 16.9. The molecule has 0 radical (unpaired) electrons. The molecular weight excluding hydrogens is 988 g/mol. The number of hydrogen-bond donors (Lipinski definition) is 3. The monoisotopic (exact) mass is 1010 g/mol. The van der Waals surface area contributed by atoms with Crippen molar-refractivity contribution < 1.29 is 14.7 Å². The van der Waals surface area contributed by atoms with Gasteiger partial charge in [-0.3, -0.25) is 9.59 Å². The third-order valence-corrected chi connectivity index (χ3v) is 12.3. The predicted molar refractivity (Wildman–Crippen MR) is 227 cm³/mol. The summed E-state index contributed by atoms with van der Waals surface area (Å²) < 4.78 is 2.84. The fourth-order valence-corrected chi connectivity index (χ4v) is 7.98. The summed E-state index contributed by atoms with van der Waals surface area (Å²) in [7, 11) is 0. The molecule has 17 heteroatoms. The Morgan fingerprint density at radius 2 is 1.14 bits per heavy atom. The SMILES string of the molecule is Brc1cnc(Br)c2nc(-c3cccs3)c(-c3cccs3)nc12.CCCCO.Nc1c(Br)cnc(Br)c1N.O=C(C(=O)c1cccs1)c1cccs1. The number of aliphatic hydroxyl groups excluding tert-OH is 1. The Balaban J connectivity index is 0.000000173. The number of carbonyl (C=O) groups excluding carboxylic acids is 2. The molecule has 7 rings (SSSR count). The Hall–Kier alpha value is -2.74.